The molecule has 1 aliphatic rings. The minimum Gasteiger partial charge on any atom is -0.404 e. The SMILES string of the molecule is COCCNC1CCN(c2ccc(NC(=O)C(=CN)C(C)=Nc3ccc(Cl)cc3)cc2C#N)CC1. The van der Waals surface area contributed by atoms with Crippen LogP contribution >= 0.6 is 11.6 Å². The monoisotopic (exact) mass is 494 g/mol. The lowest BCUT2D eigenvalue weighted by Gasteiger charge is -2.34. The van der Waals surface area contributed by atoms with Crippen LogP contribution in [0.25, 0.3) is 0 Å². The number of nitriles is 1. The van der Waals surface area contributed by atoms with E-state index in [4.69, 9.17) is 22.1 Å². The molecule has 184 valence electrons. The second kappa shape index (κ2) is 12.9. The first kappa shape index (κ1) is 26.2. The van der Waals surface area contributed by atoms with Crippen LogP contribution in [0.1, 0.15) is 25.3 Å². The second-order valence-corrected chi connectivity index (χ2v) is 8.70. The van der Waals surface area contributed by atoms with Gasteiger partial charge in [-0.25, -0.2) is 0 Å². The third-order valence-electron chi connectivity index (χ3n) is 5.87. The molecule has 0 radical (unpaired) electrons. The third kappa shape index (κ3) is 7.30. The zero-order valence-corrected chi connectivity index (χ0v) is 20.8. The van der Waals surface area contributed by atoms with Crippen LogP contribution in [0.3, 0.4) is 0 Å². The standard InChI is InChI=1S/C26H31ClN6O2/c1-18(31-22-5-3-20(27)4-6-22)24(17-29)26(34)32-23-7-8-25(19(15-23)16-28)33-12-9-21(10-13-33)30-11-14-35-2/h3-8,15,17,21,30H,9-14,29H2,1-2H3,(H,32,34). The lowest BCUT2D eigenvalue weighted by molar-refractivity contribution is -0.112. The number of halogens is 1. The first-order valence-corrected chi connectivity index (χ1v) is 11.9. The molecule has 1 amide bonds. The summed E-state index contributed by atoms with van der Waals surface area (Å²) in [5.74, 6) is -0.401. The summed E-state index contributed by atoms with van der Waals surface area (Å²) in [6.07, 6.45) is 3.21. The molecule has 3 rings (SSSR count). The van der Waals surface area contributed by atoms with Crippen LogP contribution < -0.4 is 21.3 Å². The largest absolute Gasteiger partial charge is 0.404 e. The fourth-order valence-corrected chi connectivity index (χ4v) is 4.12. The number of piperidine rings is 1. The van der Waals surface area contributed by atoms with E-state index in [9.17, 15) is 10.1 Å². The van der Waals surface area contributed by atoms with Crippen LogP contribution in [0.2, 0.25) is 5.02 Å². The van der Waals surface area contributed by atoms with Crippen molar-refractivity contribution in [3.63, 3.8) is 0 Å². The van der Waals surface area contributed by atoms with Crippen molar-refractivity contribution in [2.24, 2.45) is 10.7 Å². The average Bonchev–Trinajstić information content (AvgIpc) is 2.86. The molecule has 4 N–H and O–H groups in total. The van der Waals surface area contributed by atoms with Gasteiger partial charge in [-0.15, -0.1) is 0 Å². The highest BCUT2D eigenvalue weighted by molar-refractivity contribution is 6.30. The molecule has 0 unspecified atom stereocenters. The summed E-state index contributed by atoms with van der Waals surface area (Å²) in [4.78, 5) is 19.6. The summed E-state index contributed by atoms with van der Waals surface area (Å²) >= 11 is 5.92. The van der Waals surface area contributed by atoms with Gasteiger partial charge in [0.15, 0.2) is 0 Å². The normalized spacial score (nSPS) is 15.1. The first-order valence-electron chi connectivity index (χ1n) is 11.5. The van der Waals surface area contributed by atoms with Gasteiger partial charge in [0, 0.05) is 49.7 Å². The molecule has 1 heterocycles. The molecule has 0 saturated carbocycles. The molecule has 9 heteroatoms. The zero-order valence-electron chi connectivity index (χ0n) is 20.1. The van der Waals surface area contributed by atoms with Crippen molar-refractivity contribution < 1.29 is 9.53 Å². The number of aliphatic imine (C=N–C) groups is 1. The number of hydrogen-bond donors (Lipinski definition) is 3. The number of carbonyl (C=O) groups is 1. The maximum Gasteiger partial charge on any atom is 0.258 e. The number of benzene rings is 2. The number of amides is 1. The molecule has 1 aliphatic heterocycles. The predicted molar refractivity (Wildman–Crippen MR) is 141 cm³/mol. The number of methoxy groups -OCH3 is 1. The fraction of sp³-hybridized carbons (Fsp3) is 0.346. The van der Waals surface area contributed by atoms with E-state index in [1.807, 2.05) is 6.07 Å². The number of rotatable bonds is 9. The average molecular weight is 495 g/mol. The molecule has 1 saturated heterocycles. The van der Waals surface area contributed by atoms with Crippen molar-refractivity contribution in [2.45, 2.75) is 25.8 Å². The van der Waals surface area contributed by atoms with Gasteiger partial charge in [-0.05, 0) is 62.2 Å². The van der Waals surface area contributed by atoms with Gasteiger partial charge in [-0.1, -0.05) is 11.6 Å². The van der Waals surface area contributed by atoms with E-state index in [0.717, 1.165) is 38.2 Å². The van der Waals surface area contributed by atoms with Crippen molar-refractivity contribution in [3.8, 4) is 6.07 Å². The minimum atomic E-state index is -0.401. The fourth-order valence-electron chi connectivity index (χ4n) is 4.00. The Labute approximate surface area is 211 Å². The van der Waals surface area contributed by atoms with Gasteiger partial charge in [0.2, 0.25) is 0 Å². The lowest BCUT2D eigenvalue weighted by Crippen LogP contribution is -2.43. The number of ether oxygens (including phenoxy) is 1. The van der Waals surface area contributed by atoms with Gasteiger partial charge in [-0.2, -0.15) is 5.26 Å². The summed E-state index contributed by atoms with van der Waals surface area (Å²) in [5.41, 5.74) is 9.01. The Morgan fingerprint density at radius 1 is 1.29 bits per heavy atom. The number of nitrogens with two attached hydrogens (primary N) is 1. The highest BCUT2D eigenvalue weighted by Gasteiger charge is 2.21. The number of hydrogen-bond acceptors (Lipinski definition) is 7. The Bertz CT molecular complexity index is 1120. The van der Waals surface area contributed by atoms with Gasteiger partial charge in [0.05, 0.1) is 34.8 Å². The summed E-state index contributed by atoms with van der Waals surface area (Å²) in [6, 6.07) is 15.1. The predicted octanol–water partition coefficient (Wildman–Crippen LogP) is 3.99. The molecule has 0 aliphatic carbocycles. The molecule has 0 bridgehead atoms. The maximum absolute atomic E-state index is 12.9. The minimum absolute atomic E-state index is 0.241. The second-order valence-electron chi connectivity index (χ2n) is 8.26. The van der Waals surface area contributed by atoms with E-state index < -0.39 is 5.91 Å². The Kier molecular flexibility index (Phi) is 9.67. The molecule has 35 heavy (non-hydrogen) atoms. The molecule has 8 nitrogen and oxygen atoms in total. The lowest BCUT2D eigenvalue weighted by atomic mass is 10.0. The highest BCUT2D eigenvalue weighted by atomic mass is 35.5. The van der Waals surface area contributed by atoms with E-state index in [0.29, 0.717) is 40.3 Å². The zero-order chi connectivity index (χ0) is 25.2. The van der Waals surface area contributed by atoms with Gasteiger partial charge < -0.3 is 26.0 Å². The Hall–Kier alpha value is -3.38. The Morgan fingerprint density at radius 2 is 2.00 bits per heavy atom. The number of nitrogens with one attached hydrogen (secondary N) is 2. The van der Waals surface area contributed by atoms with Crippen LogP contribution in [0, 0.1) is 11.3 Å². The number of nitrogens with zero attached hydrogens (tertiary/aromatic N) is 3. The van der Waals surface area contributed by atoms with Crippen molar-refractivity contribution in [1.82, 2.24) is 5.32 Å². The quantitative estimate of drug-likeness (QED) is 0.276. The highest BCUT2D eigenvalue weighted by Crippen LogP contribution is 2.27. The van der Waals surface area contributed by atoms with E-state index in [1.165, 1.54) is 6.20 Å². The van der Waals surface area contributed by atoms with E-state index in [-0.39, 0.29) is 5.57 Å². The summed E-state index contributed by atoms with van der Waals surface area (Å²) < 4.78 is 5.10. The van der Waals surface area contributed by atoms with Gasteiger partial charge >= 0.3 is 0 Å². The Morgan fingerprint density at radius 3 is 2.63 bits per heavy atom. The van der Waals surface area contributed by atoms with Crippen LogP contribution in [0.5, 0.6) is 0 Å². The van der Waals surface area contributed by atoms with Crippen LogP contribution in [-0.2, 0) is 9.53 Å². The van der Waals surface area contributed by atoms with Crippen molar-refractivity contribution in [2.75, 3.05) is 43.6 Å². The first-order chi connectivity index (χ1) is 16.9. The topological polar surface area (TPSA) is 116 Å². The summed E-state index contributed by atoms with van der Waals surface area (Å²) in [5, 5.41) is 16.7. The summed E-state index contributed by atoms with van der Waals surface area (Å²) in [7, 11) is 1.70. The molecule has 1 fully saturated rings. The van der Waals surface area contributed by atoms with Crippen molar-refractivity contribution in [3.05, 3.63) is 64.8 Å². The molecule has 2 aromatic carbocycles. The summed E-state index contributed by atoms with van der Waals surface area (Å²) in [6.45, 7) is 4.95. The van der Waals surface area contributed by atoms with Crippen molar-refractivity contribution >= 4 is 40.3 Å². The number of anilines is 2. The Balaban J connectivity index is 1.66. The maximum atomic E-state index is 12.9. The molecular weight excluding hydrogens is 464 g/mol. The van der Waals surface area contributed by atoms with Crippen LogP contribution in [0.15, 0.2) is 59.2 Å². The molecular formula is C26H31ClN6O2. The van der Waals surface area contributed by atoms with Gasteiger partial charge in [0.25, 0.3) is 5.91 Å². The van der Waals surface area contributed by atoms with Crippen LogP contribution in [0.4, 0.5) is 17.1 Å². The van der Waals surface area contributed by atoms with E-state index in [1.54, 1.807) is 50.4 Å². The molecule has 0 aromatic heterocycles. The smallest absolute Gasteiger partial charge is 0.258 e. The third-order valence-corrected chi connectivity index (χ3v) is 6.13. The molecule has 2 aromatic rings. The van der Waals surface area contributed by atoms with E-state index in [2.05, 4.69) is 26.6 Å². The van der Waals surface area contributed by atoms with Crippen LogP contribution in [-0.4, -0.2) is 51.0 Å². The number of carbonyl (C=O) groups excluding carboxylic acids is 1. The van der Waals surface area contributed by atoms with E-state index >= 15 is 0 Å². The van der Waals surface area contributed by atoms with Crippen molar-refractivity contribution in [1.29, 1.82) is 5.26 Å². The molecule has 0 atom stereocenters. The molecule has 0 spiro atoms. The van der Waals surface area contributed by atoms with Gasteiger partial charge in [-0.3, -0.25) is 9.79 Å². The van der Waals surface area contributed by atoms with Gasteiger partial charge in [0.1, 0.15) is 6.07 Å².